The first-order valence-corrected chi connectivity index (χ1v) is 7.65. The van der Waals surface area contributed by atoms with E-state index in [1.165, 1.54) is 11.1 Å². The molecule has 1 aromatic carbocycles. The molecular weight excluding hydrogens is 260 g/mol. The van der Waals surface area contributed by atoms with E-state index in [9.17, 15) is 4.79 Å². The zero-order valence-corrected chi connectivity index (χ0v) is 13.0. The molecule has 0 bridgehead atoms. The van der Waals surface area contributed by atoms with Crippen molar-refractivity contribution in [1.82, 2.24) is 9.55 Å². The average Bonchev–Trinajstić information content (AvgIpc) is 2.73. The number of nitrogens with zero attached hydrogens (tertiary/aromatic N) is 2. The second-order valence-electron chi connectivity index (χ2n) is 6.72. The number of fused-ring (bicyclic) bond motifs is 1. The minimum Gasteiger partial charge on any atom is -0.328 e. The van der Waals surface area contributed by atoms with Crippen molar-refractivity contribution in [3.8, 4) is 0 Å². The number of aryl methyl sites for hydroxylation is 1. The summed E-state index contributed by atoms with van der Waals surface area (Å²) < 4.78 is 2.25. The fourth-order valence-corrected chi connectivity index (χ4v) is 3.41. The van der Waals surface area contributed by atoms with Crippen molar-refractivity contribution < 1.29 is 4.79 Å². The summed E-state index contributed by atoms with van der Waals surface area (Å²) in [5.74, 6) is 1.32. The van der Waals surface area contributed by atoms with E-state index in [4.69, 9.17) is 4.98 Å². The van der Waals surface area contributed by atoms with E-state index in [1.54, 1.807) is 0 Å². The smallest absolute Gasteiger partial charge is 0.156 e. The maximum atomic E-state index is 11.9. The molecule has 1 aliphatic rings. The van der Waals surface area contributed by atoms with Crippen LogP contribution in [0, 0.1) is 5.41 Å². The van der Waals surface area contributed by atoms with Crippen molar-refractivity contribution in [3.05, 3.63) is 41.7 Å². The van der Waals surface area contributed by atoms with Crippen molar-refractivity contribution in [2.75, 3.05) is 0 Å². The van der Waals surface area contributed by atoms with Crippen molar-refractivity contribution in [1.29, 1.82) is 0 Å². The van der Waals surface area contributed by atoms with Crippen molar-refractivity contribution >= 4 is 16.8 Å². The Morgan fingerprint density at radius 2 is 2.00 bits per heavy atom. The summed E-state index contributed by atoms with van der Waals surface area (Å²) in [5.41, 5.74) is 3.50. The minimum atomic E-state index is 0.0736. The van der Waals surface area contributed by atoms with Crippen LogP contribution in [-0.4, -0.2) is 15.3 Å². The Labute approximate surface area is 125 Å². The largest absolute Gasteiger partial charge is 0.328 e. The number of hydrogen-bond acceptors (Lipinski definition) is 2. The Kier molecular flexibility index (Phi) is 3.44. The van der Waals surface area contributed by atoms with Crippen LogP contribution in [0.5, 0.6) is 0 Å². The monoisotopic (exact) mass is 282 g/mol. The number of hydrogen-bond donors (Lipinski definition) is 0. The number of allylic oxidation sites excluding steroid dienone is 2. The van der Waals surface area contributed by atoms with Crippen LogP contribution >= 0.6 is 0 Å². The molecule has 0 spiro atoms. The third-order valence-corrected chi connectivity index (χ3v) is 4.16. The van der Waals surface area contributed by atoms with Gasteiger partial charge in [-0.2, -0.15) is 0 Å². The summed E-state index contributed by atoms with van der Waals surface area (Å²) in [4.78, 5) is 16.7. The van der Waals surface area contributed by atoms with Crippen LogP contribution in [0.2, 0.25) is 0 Å². The Balaban J connectivity index is 1.97. The lowest BCUT2D eigenvalue weighted by molar-refractivity contribution is -0.117. The van der Waals surface area contributed by atoms with Crippen LogP contribution in [0.15, 0.2) is 35.9 Å². The van der Waals surface area contributed by atoms with Gasteiger partial charge in [-0.25, -0.2) is 4.98 Å². The van der Waals surface area contributed by atoms with Gasteiger partial charge in [0, 0.05) is 19.4 Å². The van der Waals surface area contributed by atoms with E-state index in [-0.39, 0.29) is 11.2 Å². The van der Waals surface area contributed by atoms with Gasteiger partial charge in [-0.3, -0.25) is 4.79 Å². The number of aromatic nitrogens is 2. The van der Waals surface area contributed by atoms with E-state index in [1.807, 2.05) is 18.2 Å². The van der Waals surface area contributed by atoms with Gasteiger partial charge in [0.25, 0.3) is 0 Å². The molecule has 0 saturated carbocycles. The number of rotatable bonds is 3. The van der Waals surface area contributed by atoms with E-state index >= 15 is 0 Å². The maximum absolute atomic E-state index is 11.9. The first-order chi connectivity index (χ1) is 9.98. The minimum absolute atomic E-state index is 0.0736. The lowest BCUT2D eigenvalue weighted by Crippen LogP contribution is -2.23. The van der Waals surface area contributed by atoms with Gasteiger partial charge in [-0.05, 0) is 37.0 Å². The van der Waals surface area contributed by atoms with Gasteiger partial charge in [0.05, 0.1) is 11.0 Å². The number of imidazole rings is 1. The van der Waals surface area contributed by atoms with Gasteiger partial charge in [-0.1, -0.05) is 31.6 Å². The highest BCUT2D eigenvalue weighted by molar-refractivity contribution is 5.92. The van der Waals surface area contributed by atoms with Crippen molar-refractivity contribution in [3.63, 3.8) is 0 Å². The summed E-state index contributed by atoms with van der Waals surface area (Å²) in [6.45, 7) is 7.38. The molecule has 1 heterocycles. The van der Waals surface area contributed by atoms with Crippen LogP contribution in [0.3, 0.4) is 0 Å². The van der Waals surface area contributed by atoms with Gasteiger partial charge in [0.1, 0.15) is 5.82 Å². The van der Waals surface area contributed by atoms with Gasteiger partial charge in [0.2, 0.25) is 0 Å². The second kappa shape index (κ2) is 5.14. The molecular formula is C18H22N2O. The fourth-order valence-electron chi connectivity index (χ4n) is 3.41. The van der Waals surface area contributed by atoms with Gasteiger partial charge in [0.15, 0.2) is 5.78 Å². The third kappa shape index (κ3) is 2.78. The van der Waals surface area contributed by atoms with Crippen LogP contribution in [0.1, 0.15) is 39.4 Å². The van der Waals surface area contributed by atoms with Crippen molar-refractivity contribution in [2.24, 2.45) is 5.41 Å². The van der Waals surface area contributed by atoms with E-state index < -0.39 is 0 Å². The lowest BCUT2D eigenvalue weighted by atomic mass is 9.76. The Bertz CT molecular complexity index is 722. The summed E-state index contributed by atoms with van der Waals surface area (Å²) in [6.07, 6.45) is 4.24. The summed E-state index contributed by atoms with van der Waals surface area (Å²) in [6, 6.07) is 8.23. The van der Waals surface area contributed by atoms with Gasteiger partial charge < -0.3 is 4.57 Å². The van der Waals surface area contributed by atoms with Crippen LogP contribution in [0.25, 0.3) is 11.0 Å². The maximum Gasteiger partial charge on any atom is 0.156 e. The molecule has 0 amide bonds. The number of carbonyl (C=O) groups is 1. The summed E-state index contributed by atoms with van der Waals surface area (Å²) in [5, 5.41) is 0. The Morgan fingerprint density at radius 3 is 2.71 bits per heavy atom. The Hall–Kier alpha value is -1.90. The molecule has 3 nitrogen and oxygen atoms in total. The molecule has 21 heavy (non-hydrogen) atoms. The molecule has 0 saturated heterocycles. The molecule has 0 N–H and O–H groups in total. The molecule has 0 aliphatic heterocycles. The summed E-state index contributed by atoms with van der Waals surface area (Å²) in [7, 11) is 0. The first-order valence-electron chi connectivity index (χ1n) is 7.65. The fraction of sp³-hybridized carbons (Fsp3) is 0.444. The molecule has 3 rings (SSSR count). The molecule has 1 aromatic heterocycles. The van der Waals surface area contributed by atoms with Gasteiger partial charge >= 0.3 is 0 Å². The zero-order chi connectivity index (χ0) is 15.0. The van der Waals surface area contributed by atoms with Crippen LogP contribution in [-0.2, 0) is 17.8 Å². The quantitative estimate of drug-likeness (QED) is 0.855. The highest BCUT2D eigenvalue weighted by Crippen LogP contribution is 2.35. The summed E-state index contributed by atoms with van der Waals surface area (Å²) >= 11 is 0. The average molecular weight is 282 g/mol. The molecule has 0 radical (unpaired) electrons. The number of para-hydroxylation sites is 2. The number of ketones is 1. The van der Waals surface area contributed by atoms with Crippen molar-refractivity contribution in [2.45, 2.75) is 46.6 Å². The van der Waals surface area contributed by atoms with Crippen LogP contribution in [0.4, 0.5) is 0 Å². The number of carbonyl (C=O) groups excluding carboxylic acids is 1. The molecule has 0 fully saturated rings. The molecule has 0 atom stereocenters. The van der Waals surface area contributed by atoms with E-state index in [2.05, 4.69) is 37.5 Å². The molecule has 1 aliphatic carbocycles. The highest BCUT2D eigenvalue weighted by atomic mass is 16.1. The van der Waals surface area contributed by atoms with Crippen LogP contribution < -0.4 is 0 Å². The van der Waals surface area contributed by atoms with E-state index in [0.29, 0.717) is 6.42 Å². The van der Waals surface area contributed by atoms with E-state index in [0.717, 1.165) is 30.7 Å². The first kappa shape index (κ1) is 14.1. The third-order valence-electron chi connectivity index (χ3n) is 4.16. The topological polar surface area (TPSA) is 34.9 Å². The zero-order valence-electron chi connectivity index (χ0n) is 13.0. The second-order valence-corrected chi connectivity index (χ2v) is 6.72. The SMILES string of the molecule is CCn1c(CC2=CC(=O)CC(C)(C)C2)nc2ccccc21. The Morgan fingerprint density at radius 1 is 1.24 bits per heavy atom. The lowest BCUT2D eigenvalue weighted by Gasteiger charge is -2.28. The normalized spacial score (nSPS) is 18.0. The van der Waals surface area contributed by atoms with Gasteiger partial charge in [-0.15, -0.1) is 0 Å². The predicted molar refractivity (Wildman–Crippen MR) is 85.2 cm³/mol. The predicted octanol–water partition coefficient (Wildman–Crippen LogP) is 3.91. The molecule has 3 heteroatoms. The molecule has 0 unspecified atom stereocenters. The molecule has 2 aromatic rings. The standard InChI is InChI=1S/C18H22N2O/c1-4-20-16-8-6-5-7-15(16)19-17(20)10-13-9-14(21)12-18(2,3)11-13/h5-9H,4,10-12H2,1-3H3. The molecule has 110 valence electrons. The highest BCUT2D eigenvalue weighted by Gasteiger charge is 2.28. The number of benzene rings is 1.